The summed E-state index contributed by atoms with van der Waals surface area (Å²) in [7, 11) is 0. The first-order chi connectivity index (χ1) is 28.5. The second kappa shape index (κ2) is 14.3. The van der Waals surface area contributed by atoms with Crippen LogP contribution in [0.25, 0.3) is 60.9 Å². The van der Waals surface area contributed by atoms with Gasteiger partial charge in [-0.05, 0) is 74.8 Å². The highest BCUT2D eigenvalue weighted by molar-refractivity contribution is 6.22. The molecule has 2 N–H and O–H groups in total. The van der Waals surface area contributed by atoms with Crippen molar-refractivity contribution in [2.24, 2.45) is 15.7 Å². The van der Waals surface area contributed by atoms with Crippen LogP contribution in [0, 0.1) is 0 Å². The standard InChI is InChI=1S/C54H42N4/c1-54(2)46-27-14-12-25-43(46)49-47(54)34-45(51-50(49)44-26-13-15-28-48(44)58(51)42-23-10-5-11-24-42)40-21-16-22-41(33-40)52(55)57-53(56-35-36-17-6-3-7-18-36)39-31-29-38(30-32-39)37-19-8-4-9-20-37/h3-34H,35H2,1-2H3,(H2,55,56,57). The average molecular weight is 747 g/mol. The Morgan fingerprint density at radius 1 is 0.552 bits per heavy atom. The predicted octanol–water partition coefficient (Wildman–Crippen LogP) is 12.8. The van der Waals surface area contributed by atoms with Crippen molar-refractivity contribution >= 4 is 33.5 Å². The van der Waals surface area contributed by atoms with Crippen LogP contribution >= 0.6 is 0 Å². The highest BCUT2D eigenvalue weighted by Crippen LogP contribution is 2.55. The van der Waals surface area contributed by atoms with E-state index >= 15 is 0 Å². The van der Waals surface area contributed by atoms with Gasteiger partial charge >= 0.3 is 0 Å². The van der Waals surface area contributed by atoms with Gasteiger partial charge in [0.05, 0.1) is 17.6 Å². The van der Waals surface area contributed by atoms with Gasteiger partial charge in [-0.2, -0.15) is 0 Å². The summed E-state index contributed by atoms with van der Waals surface area (Å²) in [6.45, 7) is 5.20. The number of rotatable bonds is 7. The van der Waals surface area contributed by atoms with Crippen molar-refractivity contribution in [3.63, 3.8) is 0 Å². The summed E-state index contributed by atoms with van der Waals surface area (Å²) in [5, 5.41) is 2.51. The number of hydrogen-bond acceptors (Lipinski definition) is 1. The number of benzene rings is 8. The smallest absolute Gasteiger partial charge is 0.157 e. The van der Waals surface area contributed by atoms with Crippen LogP contribution in [-0.4, -0.2) is 16.2 Å². The number of fused-ring (bicyclic) bond motifs is 7. The van der Waals surface area contributed by atoms with Crippen LogP contribution in [-0.2, 0) is 12.0 Å². The molecule has 4 nitrogen and oxygen atoms in total. The van der Waals surface area contributed by atoms with Gasteiger partial charge in [-0.25, -0.2) is 4.99 Å². The lowest BCUT2D eigenvalue weighted by Gasteiger charge is -2.23. The highest BCUT2D eigenvalue weighted by atomic mass is 15.0. The van der Waals surface area contributed by atoms with Crippen LogP contribution in [0.15, 0.2) is 204 Å². The van der Waals surface area contributed by atoms with E-state index in [-0.39, 0.29) is 5.41 Å². The van der Waals surface area contributed by atoms with E-state index in [9.17, 15) is 0 Å². The molecule has 0 aliphatic heterocycles. The van der Waals surface area contributed by atoms with Gasteiger partial charge in [0, 0.05) is 38.6 Å². The summed E-state index contributed by atoms with van der Waals surface area (Å²) in [5.41, 5.74) is 23.0. The molecule has 10 rings (SSSR count). The van der Waals surface area contributed by atoms with E-state index in [0.717, 1.165) is 44.6 Å². The topological polar surface area (TPSA) is 55.7 Å². The Kier molecular flexibility index (Phi) is 8.68. The molecule has 1 heterocycles. The fourth-order valence-electron chi connectivity index (χ4n) is 8.80. The first-order valence-electron chi connectivity index (χ1n) is 19.9. The molecule has 8 aromatic carbocycles. The lowest BCUT2D eigenvalue weighted by Crippen LogP contribution is -2.17. The van der Waals surface area contributed by atoms with Crippen LogP contribution in [0.2, 0.25) is 0 Å². The zero-order chi connectivity index (χ0) is 39.2. The number of aromatic nitrogens is 1. The molecule has 0 radical (unpaired) electrons. The third kappa shape index (κ3) is 6.02. The molecular formula is C54H42N4. The molecule has 58 heavy (non-hydrogen) atoms. The predicted molar refractivity (Wildman–Crippen MR) is 243 cm³/mol. The zero-order valence-corrected chi connectivity index (χ0v) is 32.6. The fourth-order valence-corrected chi connectivity index (χ4v) is 8.80. The summed E-state index contributed by atoms with van der Waals surface area (Å²) >= 11 is 0. The van der Waals surface area contributed by atoms with Crippen molar-refractivity contribution in [2.45, 2.75) is 25.8 Å². The summed E-state index contributed by atoms with van der Waals surface area (Å²) in [6.07, 6.45) is 0. The lowest BCUT2D eigenvalue weighted by molar-refractivity contribution is 0.661. The molecular weight excluding hydrogens is 705 g/mol. The van der Waals surface area contributed by atoms with Crippen LogP contribution in [0.5, 0.6) is 0 Å². The van der Waals surface area contributed by atoms with E-state index in [1.165, 1.54) is 44.1 Å². The third-order valence-electron chi connectivity index (χ3n) is 11.7. The minimum Gasteiger partial charge on any atom is -0.383 e. The molecule has 0 saturated carbocycles. The van der Waals surface area contributed by atoms with Crippen molar-refractivity contribution in [3.8, 4) is 39.1 Å². The number of hydrogen-bond donors (Lipinski definition) is 1. The van der Waals surface area contributed by atoms with Crippen molar-refractivity contribution in [1.82, 2.24) is 4.57 Å². The van der Waals surface area contributed by atoms with E-state index < -0.39 is 0 Å². The number of amidine groups is 2. The van der Waals surface area contributed by atoms with Crippen molar-refractivity contribution < 1.29 is 0 Å². The second-order valence-corrected chi connectivity index (χ2v) is 15.6. The molecule has 4 heteroatoms. The van der Waals surface area contributed by atoms with Crippen LogP contribution in [0.1, 0.15) is 41.7 Å². The summed E-state index contributed by atoms with van der Waals surface area (Å²) in [5.74, 6) is 1.00. The van der Waals surface area contributed by atoms with Crippen LogP contribution < -0.4 is 5.73 Å². The maximum atomic E-state index is 7.02. The average Bonchev–Trinajstić information content (AvgIpc) is 3.74. The fraction of sp³-hybridized carbons (Fsp3) is 0.0741. The van der Waals surface area contributed by atoms with Gasteiger partial charge in [0.1, 0.15) is 5.84 Å². The Hall–Kier alpha value is -7.30. The molecule has 0 saturated heterocycles. The first-order valence-corrected chi connectivity index (χ1v) is 19.9. The molecule has 0 atom stereocenters. The van der Waals surface area contributed by atoms with Crippen molar-refractivity contribution in [2.75, 3.05) is 0 Å². The maximum Gasteiger partial charge on any atom is 0.157 e. The largest absolute Gasteiger partial charge is 0.383 e. The summed E-state index contributed by atoms with van der Waals surface area (Å²) in [6, 6.07) is 68.5. The molecule has 9 aromatic rings. The molecule has 1 aromatic heterocycles. The van der Waals surface area contributed by atoms with Gasteiger partial charge in [-0.15, -0.1) is 0 Å². The van der Waals surface area contributed by atoms with Gasteiger partial charge in [0.2, 0.25) is 0 Å². The van der Waals surface area contributed by atoms with E-state index in [1.54, 1.807) is 0 Å². The Bertz CT molecular complexity index is 3030. The molecule has 278 valence electrons. The number of aliphatic imine (C=N–C) groups is 2. The Morgan fingerprint density at radius 3 is 1.97 bits per heavy atom. The molecule has 0 bridgehead atoms. The van der Waals surface area contributed by atoms with Gasteiger partial charge in [0.15, 0.2) is 5.84 Å². The van der Waals surface area contributed by atoms with Crippen molar-refractivity contribution in [1.29, 1.82) is 0 Å². The summed E-state index contributed by atoms with van der Waals surface area (Å²) < 4.78 is 2.44. The maximum absolute atomic E-state index is 7.02. The van der Waals surface area contributed by atoms with Crippen LogP contribution in [0.4, 0.5) is 0 Å². The minimum absolute atomic E-state index is 0.191. The normalized spacial score (nSPS) is 13.5. The Balaban J connectivity index is 1.15. The molecule has 0 spiro atoms. The SMILES string of the molecule is CC1(C)c2ccccc2-c2c1cc(-c1cccc(C(N)=NC(=NCc3ccccc3)c3ccc(-c4ccccc4)cc3)c1)c1c2c2ccccc2n1-c1ccccc1. The second-order valence-electron chi connectivity index (χ2n) is 15.6. The molecule has 1 aliphatic rings. The van der Waals surface area contributed by atoms with Gasteiger partial charge < -0.3 is 10.3 Å². The van der Waals surface area contributed by atoms with Crippen LogP contribution in [0.3, 0.4) is 0 Å². The molecule has 0 unspecified atom stereocenters. The van der Waals surface area contributed by atoms with Gasteiger partial charge in [-0.1, -0.05) is 178 Å². The Morgan fingerprint density at radius 2 is 1.19 bits per heavy atom. The van der Waals surface area contributed by atoms with E-state index in [2.05, 4.69) is 182 Å². The van der Waals surface area contributed by atoms with Gasteiger partial charge in [-0.3, -0.25) is 4.99 Å². The van der Waals surface area contributed by atoms with E-state index in [0.29, 0.717) is 18.2 Å². The first kappa shape index (κ1) is 35.1. The number of nitrogens with two attached hydrogens (primary N) is 1. The van der Waals surface area contributed by atoms with E-state index in [4.69, 9.17) is 15.7 Å². The minimum atomic E-state index is -0.191. The highest BCUT2D eigenvalue weighted by Gasteiger charge is 2.38. The lowest BCUT2D eigenvalue weighted by atomic mass is 9.81. The molecule has 0 amide bonds. The zero-order valence-electron chi connectivity index (χ0n) is 32.6. The van der Waals surface area contributed by atoms with Crippen molar-refractivity contribution in [3.05, 3.63) is 222 Å². The monoisotopic (exact) mass is 746 g/mol. The number of nitrogens with zero attached hydrogens (tertiary/aromatic N) is 3. The van der Waals surface area contributed by atoms with E-state index in [1.807, 2.05) is 30.3 Å². The van der Waals surface area contributed by atoms with Gasteiger partial charge in [0.25, 0.3) is 0 Å². The Labute approximate surface area is 339 Å². The molecule has 0 fully saturated rings. The molecule has 1 aliphatic carbocycles. The number of para-hydroxylation sites is 2. The third-order valence-corrected chi connectivity index (χ3v) is 11.7. The summed E-state index contributed by atoms with van der Waals surface area (Å²) in [4.78, 5) is 10.1. The quantitative estimate of drug-likeness (QED) is 0.128.